The van der Waals surface area contributed by atoms with Crippen molar-refractivity contribution in [3.8, 4) is 0 Å². The van der Waals surface area contributed by atoms with Gasteiger partial charge in [0.25, 0.3) is 0 Å². The van der Waals surface area contributed by atoms with Crippen LogP contribution in [0, 0.1) is 5.82 Å². The van der Waals surface area contributed by atoms with Crippen LogP contribution in [0.25, 0.3) is 0 Å². The predicted molar refractivity (Wildman–Crippen MR) is 99.5 cm³/mol. The molecule has 8 heteroatoms. The van der Waals surface area contributed by atoms with Gasteiger partial charge in [-0.1, -0.05) is 18.2 Å². The first-order valence-corrected chi connectivity index (χ1v) is 8.95. The third-order valence-electron chi connectivity index (χ3n) is 5.12. The van der Waals surface area contributed by atoms with Crippen molar-refractivity contribution >= 4 is 17.6 Å². The molecule has 0 aliphatic carbocycles. The summed E-state index contributed by atoms with van der Waals surface area (Å²) < 4.78 is 15.5. The number of halogens is 1. The smallest absolute Gasteiger partial charge is 0.245 e. The number of nitrogens with zero attached hydrogens (tertiary/aromatic N) is 3. The van der Waals surface area contributed by atoms with E-state index in [1.54, 1.807) is 54.1 Å². The number of hydrogen-bond donors (Lipinski definition) is 2. The third-order valence-corrected chi connectivity index (χ3v) is 5.12. The molecule has 7 nitrogen and oxygen atoms in total. The maximum absolute atomic E-state index is 13.8. The van der Waals surface area contributed by atoms with Crippen molar-refractivity contribution in [3.05, 3.63) is 47.9 Å². The third kappa shape index (κ3) is 3.94. The molecular formula is C19H24FN5O2. The summed E-state index contributed by atoms with van der Waals surface area (Å²) in [5.41, 5.74) is -0.421. The average Bonchev–Trinajstić information content (AvgIpc) is 3.07. The number of nitrogens with one attached hydrogen (secondary N) is 2. The molecule has 0 bridgehead atoms. The molecule has 1 fully saturated rings. The van der Waals surface area contributed by atoms with Crippen LogP contribution in [0.15, 0.2) is 36.5 Å². The van der Waals surface area contributed by atoms with E-state index in [-0.39, 0.29) is 24.1 Å². The highest BCUT2D eigenvalue weighted by Crippen LogP contribution is 2.28. The van der Waals surface area contributed by atoms with Crippen LogP contribution in [0.2, 0.25) is 0 Å². The van der Waals surface area contributed by atoms with Crippen LogP contribution in [0.1, 0.15) is 18.4 Å². The highest BCUT2D eigenvalue weighted by Gasteiger charge is 2.42. The molecule has 1 aliphatic heterocycles. The van der Waals surface area contributed by atoms with Gasteiger partial charge in [0.2, 0.25) is 11.8 Å². The van der Waals surface area contributed by atoms with Crippen LogP contribution in [-0.4, -0.2) is 52.2 Å². The van der Waals surface area contributed by atoms with E-state index in [4.69, 9.17) is 0 Å². The quantitative estimate of drug-likeness (QED) is 0.829. The number of carbonyl (C=O) groups excluding carboxylic acids is 2. The average molecular weight is 373 g/mol. The van der Waals surface area contributed by atoms with Gasteiger partial charge in [-0.15, -0.1) is 0 Å². The zero-order valence-corrected chi connectivity index (χ0v) is 15.5. The number of hydrogen-bond acceptors (Lipinski definition) is 4. The standard InChI is InChI=1S/C19H24FN5O2/c1-21-18(27)19(23-16-7-10-22-24(16)2)8-11-25(12-9-19)17(26)13-14-5-3-4-6-15(14)20/h3-7,10,23H,8-9,11-13H2,1-2H3,(H,21,27). The largest absolute Gasteiger partial charge is 0.357 e. The molecular weight excluding hydrogens is 349 g/mol. The number of likely N-dealkylation sites (tertiary alicyclic amines) is 1. The second-order valence-corrected chi connectivity index (χ2v) is 6.78. The summed E-state index contributed by atoms with van der Waals surface area (Å²) >= 11 is 0. The van der Waals surface area contributed by atoms with Gasteiger partial charge in [-0.3, -0.25) is 14.3 Å². The van der Waals surface area contributed by atoms with Crippen LogP contribution < -0.4 is 10.6 Å². The molecule has 2 aromatic rings. The van der Waals surface area contributed by atoms with Gasteiger partial charge in [-0.05, 0) is 24.5 Å². The number of rotatable bonds is 5. The summed E-state index contributed by atoms with van der Waals surface area (Å²) in [5, 5.41) is 10.1. The Balaban J connectivity index is 1.69. The van der Waals surface area contributed by atoms with Crippen LogP contribution in [0.5, 0.6) is 0 Å². The Morgan fingerprint density at radius 1 is 1.22 bits per heavy atom. The molecule has 0 unspecified atom stereocenters. The minimum absolute atomic E-state index is 0.0226. The van der Waals surface area contributed by atoms with Gasteiger partial charge in [0.05, 0.1) is 12.6 Å². The summed E-state index contributed by atoms with van der Waals surface area (Å²) in [6.45, 7) is 0.844. The Hall–Kier alpha value is -2.90. The van der Waals surface area contributed by atoms with Crippen LogP contribution in [-0.2, 0) is 23.1 Å². The fraction of sp³-hybridized carbons (Fsp3) is 0.421. The number of anilines is 1. The summed E-state index contributed by atoms with van der Waals surface area (Å²) in [6.07, 6.45) is 2.60. The lowest BCUT2D eigenvalue weighted by Crippen LogP contribution is -2.58. The molecule has 27 heavy (non-hydrogen) atoms. The number of likely N-dealkylation sites (N-methyl/N-ethyl adjacent to an activating group) is 1. The van der Waals surface area contributed by atoms with E-state index in [2.05, 4.69) is 15.7 Å². The molecule has 0 radical (unpaired) electrons. The van der Waals surface area contributed by atoms with E-state index in [0.29, 0.717) is 31.5 Å². The van der Waals surface area contributed by atoms with Crippen molar-refractivity contribution in [1.82, 2.24) is 20.0 Å². The number of piperidine rings is 1. The maximum atomic E-state index is 13.8. The lowest BCUT2D eigenvalue weighted by Gasteiger charge is -2.41. The Morgan fingerprint density at radius 3 is 2.52 bits per heavy atom. The van der Waals surface area contributed by atoms with Gasteiger partial charge in [0.15, 0.2) is 0 Å². The molecule has 1 aromatic carbocycles. The number of aromatic nitrogens is 2. The SMILES string of the molecule is CNC(=O)C1(Nc2ccnn2C)CCN(C(=O)Cc2ccccc2F)CC1. The van der Waals surface area contributed by atoms with Crippen LogP contribution in [0.4, 0.5) is 10.2 Å². The zero-order valence-electron chi connectivity index (χ0n) is 15.5. The Bertz CT molecular complexity index is 827. The normalized spacial score (nSPS) is 16.0. The van der Waals surface area contributed by atoms with Crippen molar-refractivity contribution in [2.45, 2.75) is 24.8 Å². The minimum atomic E-state index is -0.808. The van der Waals surface area contributed by atoms with E-state index in [9.17, 15) is 14.0 Å². The summed E-state index contributed by atoms with van der Waals surface area (Å²) in [7, 11) is 3.40. The molecule has 0 saturated carbocycles. The second kappa shape index (κ2) is 7.77. The number of aryl methyl sites for hydroxylation is 1. The van der Waals surface area contributed by atoms with Gasteiger partial charge in [0.1, 0.15) is 17.2 Å². The molecule has 1 aliphatic rings. The van der Waals surface area contributed by atoms with Gasteiger partial charge < -0.3 is 15.5 Å². The van der Waals surface area contributed by atoms with Gasteiger partial charge in [0, 0.05) is 33.3 Å². The van der Waals surface area contributed by atoms with Gasteiger partial charge in [-0.25, -0.2) is 4.39 Å². The molecule has 144 valence electrons. The van der Waals surface area contributed by atoms with E-state index in [0.717, 1.165) is 5.82 Å². The highest BCUT2D eigenvalue weighted by atomic mass is 19.1. The van der Waals surface area contributed by atoms with Crippen molar-refractivity contribution in [2.24, 2.45) is 7.05 Å². The van der Waals surface area contributed by atoms with E-state index in [1.165, 1.54) is 6.07 Å². The summed E-state index contributed by atoms with van der Waals surface area (Å²) in [4.78, 5) is 26.8. The topological polar surface area (TPSA) is 79.3 Å². The molecule has 2 amide bonds. The first-order valence-electron chi connectivity index (χ1n) is 8.95. The minimum Gasteiger partial charge on any atom is -0.357 e. The Labute approximate surface area is 157 Å². The number of amides is 2. The first kappa shape index (κ1) is 18.9. The molecule has 2 N–H and O–H groups in total. The molecule has 3 rings (SSSR count). The first-order chi connectivity index (χ1) is 12.9. The van der Waals surface area contributed by atoms with Crippen molar-refractivity contribution in [2.75, 3.05) is 25.5 Å². The van der Waals surface area contributed by atoms with Gasteiger partial charge >= 0.3 is 0 Å². The van der Waals surface area contributed by atoms with E-state index >= 15 is 0 Å². The zero-order chi connectivity index (χ0) is 19.4. The van der Waals surface area contributed by atoms with Crippen LogP contribution in [0.3, 0.4) is 0 Å². The van der Waals surface area contributed by atoms with Crippen molar-refractivity contribution in [3.63, 3.8) is 0 Å². The highest BCUT2D eigenvalue weighted by molar-refractivity contribution is 5.89. The number of carbonyl (C=O) groups is 2. The van der Waals surface area contributed by atoms with E-state index in [1.807, 2.05) is 0 Å². The van der Waals surface area contributed by atoms with Gasteiger partial charge in [-0.2, -0.15) is 5.10 Å². The summed E-state index contributed by atoms with van der Waals surface area (Å²) in [6, 6.07) is 8.10. The molecule has 0 atom stereocenters. The Morgan fingerprint density at radius 2 is 1.93 bits per heavy atom. The van der Waals surface area contributed by atoms with Crippen LogP contribution >= 0.6 is 0 Å². The van der Waals surface area contributed by atoms with E-state index < -0.39 is 5.54 Å². The molecule has 0 spiro atoms. The maximum Gasteiger partial charge on any atom is 0.245 e. The molecule has 2 heterocycles. The summed E-state index contributed by atoms with van der Waals surface area (Å²) in [5.74, 6) is 0.112. The Kier molecular flexibility index (Phi) is 5.43. The number of benzene rings is 1. The van der Waals surface area contributed by atoms with Crippen molar-refractivity contribution in [1.29, 1.82) is 0 Å². The lowest BCUT2D eigenvalue weighted by molar-refractivity contribution is -0.135. The monoisotopic (exact) mass is 373 g/mol. The second-order valence-electron chi connectivity index (χ2n) is 6.78. The van der Waals surface area contributed by atoms with Crippen molar-refractivity contribution < 1.29 is 14.0 Å². The predicted octanol–water partition coefficient (Wildman–Crippen LogP) is 1.32. The molecule has 1 aromatic heterocycles. The molecule has 1 saturated heterocycles. The fourth-order valence-corrected chi connectivity index (χ4v) is 3.44. The lowest BCUT2D eigenvalue weighted by atomic mass is 9.86. The fourth-order valence-electron chi connectivity index (χ4n) is 3.44.